The first kappa shape index (κ1) is 35.5. The molecule has 8 atom stereocenters. The Morgan fingerprint density at radius 3 is 1.97 bits per heavy atom. The van der Waals surface area contributed by atoms with Gasteiger partial charge < -0.3 is 19.0 Å². The molecule has 0 aromatic rings. The second-order valence-electron chi connectivity index (χ2n) is 13.0. The minimum absolute atomic E-state index is 0.0461. The van der Waals surface area contributed by atoms with E-state index in [0.717, 1.165) is 12.8 Å². The second-order valence-corrected chi connectivity index (χ2v) is 17.8. The van der Waals surface area contributed by atoms with E-state index in [4.69, 9.17) is 13.9 Å². The van der Waals surface area contributed by atoms with Gasteiger partial charge in [-0.3, -0.25) is 0 Å². The third-order valence-corrected chi connectivity index (χ3v) is 13.1. The average Bonchev–Trinajstić information content (AvgIpc) is 2.78. The molecule has 2 unspecified atom stereocenters. The fourth-order valence-corrected chi connectivity index (χ4v) is 6.36. The van der Waals surface area contributed by atoms with Crippen LogP contribution < -0.4 is 0 Å². The van der Waals surface area contributed by atoms with Crippen molar-refractivity contribution in [1.82, 2.24) is 0 Å². The number of rotatable bonds is 17. The van der Waals surface area contributed by atoms with Gasteiger partial charge >= 0.3 is 0 Å². The van der Waals surface area contributed by atoms with Crippen LogP contribution in [0.25, 0.3) is 0 Å². The molecule has 0 fully saturated rings. The van der Waals surface area contributed by atoms with E-state index in [-0.39, 0.29) is 42.5 Å². The number of methoxy groups -OCH3 is 1. The lowest BCUT2D eigenvalue weighted by molar-refractivity contribution is -0.107. The molecule has 0 aliphatic rings. The first-order chi connectivity index (χ1) is 16.5. The molecule has 0 aromatic heterocycles. The zero-order chi connectivity index (χ0) is 28.3. The number of hydrogen-bond donors (Lipinski definition) is 1. The van der Waals surface area contributed by atoms with Crippen LogP contribution in [0.3, 0.4) is 0 Å². The maximum atomic E-state index is 9.73. The van der Waals surface area contributed by atoms with E-state index >= 15 is 0 Å². The number of aliphatic hydroxyl groups is 1. The monoisotopic (exact) mass is 526 g/mol. The minimum atomic E-state index is -1.93. The lowest BCUT2D eigenvalue weighted by atomic mass is 9.77. The van der Waals surface area contributed by atoms with Gasteiger partial charge in [0.2, 0.25) is 0 Å². The molecule has 0 aliphatic heterocycles. The van der Waals surface area contributed by atoms with Gasteiger partial charge in [-0.2, -0.15) is 0 Å². The van der Waals surface area contributed by atoms with Crippen LogP contribution in [0.5, 0.6) is 0 Å². The molecule has 0 saturated heterocycles. The van der Waals surface area contributed by atoms with E-state index in [2.05, 4.69) is 101 Å². The van der Waals surface area contributed by atoms with E-state index < -0.39 is 8.32 Å². The highest BCUT2D eigenvalue weighted by atomic mass is 28.4. The zero-order valence-corrected chi connectivity index (χ0v) is 27.4. The molecule has 5 heteroatoms. The highest BCUT2D eigenvalue weighted by molar-refractivity contribution is 6.74. The Morgan fingerprint density at radius 2 is 1.50 bits per heavy atom. The van der Waals surface area contributed by atoms with Gasteiger partial charge in [0, 0.05) is 25.6 Å². The predicted molar refractivity (Wildman–Crippen MR) is 159 cm³/mol. The summed E-state index contributed by atoms with van der Waals surface area (Å²) in [5.41, 5.74) is 1.36. The summed E-state index contributed by atoms with van der Waals surface area (Å²) >= 11 is 0. The molecule has 0 aliphatic carbocycles. The third-order valence-electron chi connectivity index (χ3n) is 8.59. The molecule has 0 aromatic carbocycles. The summed E-state index contributed by atoms with van der Waals surface area (Å²) in [5.74, 6) is 2.13. The van der Waals surface area contributed by atoms with Crippen molar-refractivity contribution >= 4 is 8.32 Å². The first-order valence-electron chi connectivity index (χ1n) is 14.3. The number of aliphatic hydroxyl groups excluding tert-OH is 1. The SMILES string of the molecule is CC/C=C\C(C)[C@H](C)[C@@H](C)[C@H](O[Si](C)(C)C(C)(C)C)[C@@H](C)C/C(C)=C\[C@H](C)[C@@H](OCOC)C(C)CO. The summed E-state index contributed by atoms with van der Waals surface area (Å²) in [6.07, 6.45) is 9.20. The van der Waals surface area contributed by atoms with Crippen LogP contribution in [0.4, 0.5) is 0 Å². The van der Waals surface area contributed by atoms with Crippen molar-refractivity contribution in [2.24, 2.45) is 35.5 Å². The molecular weight excluding hydrogens is 464 g/mol. The highest BCUT2D eigenvalue weighted by Gasteiger charge is 2.42. The summed E-state index contributed by atoms with van der Waals surface area (Å²) in [7, 11) is -0.298. The summed E-state index contributed by atoms with van der Waals surface area (Å²) in [5, 5.41) is 9.91. The topological polar surface area (TPSA) is 47.9 Å². The lowest BCUT2D eigenvalue weighted by Gasteiger charge is -2.44. The van der Waals surface area contributed by atoms with Crippen molar-refractivity contribution in [3.8, 4) is 0 Å². The quantitative estimate of drug-likeness (QED) is 0.117. The van der Waals surface area contributed by atoms with Crippen molar-refractivity contribution in [2.45, 2.75) is 119 Å². The third kappa shape index (κ3) is 11.5. The van der Waals surface area contributed by atoms with E-state index in [0.29, 0.717) is 23.7 Å². The maximum absolute atomic E-state index is 9.73. The molecule has 0 rings (SSSR count). The summed E-state index contributed by atoms with van der Waals surface area (Å²) in [6, 6.07) is 0. The minimum Gasteiger partial charge on any atom is -0.413 e. The van der Waals surface area contributed by atoms with E-state index in [9.17, 15) is 5.11 Å². The van der Waals surface area contributed by atoms with Crippen LogP contribution in [0.15, 0.2) is 23.8 Å². The van der Waals surface area contributed by atoms with Crippen molar-refractivity contribution in [1.29, 1.82) is 0 Å². The Bertz CT molecular complexity index is 651. The van der Waals surface area contributed by atoms with Gasteiger partial charge in [0.15, 0.2) is 8.32 Å². The van der Waals surface area contributed by atoms with Crippen molar-refractivity contribution in [3.05, 3.63) is 23.8 Å². The smallest absolute Gasteiger partial charge is 0.192 e. The summed E-state index contributed by atoms with van der Waals surface area (Å²) in [6.45, 7) is 30.2. The van der Waals surface area contributed by atoms with Crippen molar-refractivity contribution in [2.75, 3.05) is 20.5 Å². The summed E-state index contributed by atoms with van der Waals surface area (Å²) in [4.78, 5) is 0. The van der Waals surface area contributed by atoms with Gasteiger partial charge in [-0.1, -0.05) is 93.0 Å². The van der Waals surface area contributed by atoms with E-state index in [1.807, 2.05) is 6.92 Å². The van der Waals surface area contributed by atoms with E-state index in [1.165, 1.54) is 5.57 Å². The Morgan fingerprint density at radius 1 is 0.917 bits per heavy atom. The van der Waals surface area contributed by atoms with Gasteiger partial charge in [-0.15, -0.1) is 0 Å². The van der Waals surface area contributed by atoms with Gasteiger partial charge in [0.25, 0.3) is 0 Å². The van der Waals surface area contributed by atoms with Crippen LogP contribution in [-0.4, -0.2) is 46.1 Å². The highest BCUT2D eigenvalue weighted by Crippen LogP contribution is 2.41. The molecule has 0 spiro atoms. The Labute approximate surface area is 226 Å². The van der Waals surface area contributed by atoms with Gasteiger partial charge in [-0.25, -0.2) is 0 Å². The van der Waals surface area contributed by atoms with Crippen LogP contribution in [0.2, 0.25) is 18.1 Å². The van der Waals surface area contributed by atoms with Crippen LogP contribution >= 0.6 is 0 Å². The number of allylic oxidation sites excluding steroid dienone is 3. The molecule has 0 heterocycles. The Kier molecular flexibility index (Phi) is 16.3. The molecule has 36 heavy (non-hydrogen) atoms. The normalized spacial score (nSPS) is 20.6. The van der Waals surface area contributed by atoms with Crippen molar-refractivity contribution < 1.29 is 19.0 Å². The molecule has 0 radical (unpaired) electrons. The fourth-order valence-electron chi connectivity index (χ4n) is 4.88. The molecular formula is C31H62O4Si. The average molecular weight is 527 g/mol. The molecule has 0 bridgehead atoms. The number of hydrogen-bond acceptors (Lipinski definition) is 4. The zero-order valence-electron chi connectivity index (χ0n) is 26.4. The van der Waals surface area contributed by atoms with Crippen molar-refractivity contribution in [3.63, 3.8) is 0 Å². The van der Waals surface area contributed by atoms with Crippen LogP contribution in [0, 0.1) is 35.5 Å². The lowest BCUT2D eigenvalue weighted by Crippen LogP contribution is -2.48. The van der Waals surface area contributed by atoms with Gasteiger partial charge in [0.1, 0.15) is 6.79 Å². The van der Waals surface area contributed by atoms with Gasteiger partial charge in [-0.05, 0) is 61.6 Å². The molecule has 1 N–H and O–H groups in total. The van der Waals surface area contributed by atoms with Crippen LogP contribution in [0.1, 0.15) is 89.0 Å². The van der Waals surface area contributed by atoms with Gasteiger partial charge in [0.05, 0.1) is 12.2 Å². The fraction of sp³-hybridized carbons (Fsp3) is 0.871. The standard InChI is InChI=1S/C31H62O4Si/c1-15-16-17-23(3)27(7)28(8)30(35-36(13,14)31(9,10)11)25(5)19-22(2)18-24(4)29(26(6)20-32)34-21-33-12/h16-18,23-30,32H,15,19-21H2,1-14H3/b17-16-,22-18-/t23?,24-,25-,26?,27-,28+,29+,30+/m0/s1. The molecule has 0 saturated carbocycles. The Balaban J connectivity index is 5.89. The summed E-state index contributed by atoms with van der Waals surface area (Å²) < 4.78 is 18.3. The molecule has 214 valence electrons. The van der Waals surface area contributed by atoms with Crippen LogP contribution in [-0.2, 0) is 13.9 Å². The largest absolute Gasteiger partial charge is 0.413 e. The van der Waals surface area contributed by atoms with E-state index in [1.54, 1.807) is 7.11 Å². The molecule has 0 amide bonds. The first-order valence-corrected chi connectivity index (χ1v) is 17.2. The molecule has 4 nitrogen and oxygen atoms in total. The Hall–Kier alpha value is -0.463. The maximum Gasteiger partial charge on any atom is 0.192 e. The number of ether oxygens (including phenoxy) is 2. The predicted octanol–water partition coefficient (Wildman–Crippen LogP) is 8.48. The second kappa shape index (κ2) is 16.5.